The standard InChI is InChI=1S/C15H15N3O2/c1-3-4-14-12(16)5-6-13(18-14)10-7-11(9-17-8-10)15(19)20-2/h3-9H,16H2,1-2H3/b4-3+. The van der Waals surface area contributed by atoms with Gasteiger partial charge in [0.05, 0.1) is 29.7 Å². The minimum absolute atomic E-state index is 0.385. The Bertz CT molecular complexity index is 666. The highest BCUT2D eigenvalue weighted by molar-refractivity contribution is 5.90. The number of nitrogens with two attached hydrogens (primary N) is 1. The minimum Gasteiger partial charge on any atom is -0.465 e. The maximum atomic E-state index is 11.5. The predicted molar refractivity (Wildman–Crippen MR) is 77.9 cm³/mol. The lowest BCUT2D eigenvalue weighted by Crippen LogP contribution is -2.02. The number of aromatic nitrogens is 2. The van der Waals surface area contributed by atoms with Gasteiger partial charge in [-0.3, -0.25) is 4.98 Å². The van der Waals surface area contributed by atoms with Crippen LogP contribution in [-0.4, -0.2) is 23.0 Å². The van der Waals surface area contributed by atoms with E-state index in [-0.39, 0.29) is 0 Å². The Morgan fingerprint density at radius 2 is 2.15 bits per heavy atom. The van der Waals surface area contributed by atoms with Crippen molar-refractivity contribution in [1.82, 2.24) is 9.97 Å². The van der Waals surface area contributed by atoms with Crippen LogP contribution in [0, 0.1) is 0 Å². The van der Waals surface area contributed by atoms with Gasteiger partial charge in [-0.05, 0) is 31.2 Å². The molecule has 0 saturated carbocycles. The molecular weight excluding hydrogens is 254 g/mol. The maximum absolute atomic E-state index is 11.5. The number of hydrogen-bond donors (Lipinski definition) is 1. The zero-order chi connectivity index (χ0) is 14.5. The Hall–Kier alpha value is -2.69. The summed E-state index contributed by atoms with van der Waals surface area (Å²) in [6.07, 6.45) is 6.80. The number of nitrogens with zero attached hydrogens (tertiary/aromatic N) is 2. The Morgan fingerprint density at radius 1 is 1.35 bits per heavy atom. The normalized spacial score (nSPS) is 10.7. The van der Waals surface area contributed by atoms with Gasteiger partial charge in [-0.2, -0.15) is 0 Å². The van der Waals surface area contributed by atoms with Crippen LogP contribution in [0.4, 0.5) is 5.69 Å². The molecule has 5 heteroatoms. The number of hydrogen-bond acceptors (Lipinski definition) is 5. The summed E-state index contributed by atoms with van der Waals surface area (Å²) < 4.78 is 4.68. The van der Waals surface area contributed by atoms with Gasteiger partial charge in [0.15, 0.2) is 0 Å². The quantitative estimate of drug-likeness (QED) is 0.866. The SMILES string of the molecule is C/C=C/c1nc(-c2cncc(C(=O)OC)c2)ccc1N. The Labute approximate surface area is 117 Å². The van der Waals surface area contributed by atoms with Crippen molar-refractivity contribution in [2.45, 2.75) is 6.92 Å². The van der Waals surface area contributed by atoms with Crippen molar-refractivity contribution >= 4 is 17.7 Å². The van der Waals surface area contributed by atoms with Gasteiger partial charge in [-0.15, -0.1) is 0 Å². The third-order valence-corrected chi connectivity index (χ3v) is 2.74. The molecule has 102 valence electrons. The number of rotatable bonds is 3. The third kappa shape index (κ3) is 2.83. The number of ether oxygens (including phenoxy) is 1. The average molecular weight is 269 g/mol. The van der Waals surface area contributed by atoms with E-state index in [0.717, 1.165) is 5.56 Å². The Morgan fingerprint density at radius 3 is 2.85 bits per heavy atom. The lowest BCUT2D eigenvalue weighted by molar-refractivity contribution is 0.0600. The van der Waals surface area contributed by atoms with E-state index in [1.807, 2.05) is 19.1 Å². The molecule has 0 amide bonds. The van der Waals surface area contributed by atoms with Crippen LogP contribution in [0.25, 0.3) is 17.3 Å². The van der Waals surface area contributed by atoms with Gasteiger partial charge in [-0.25, -0.2) is 9.78 Å². The van der Waals surface area contributed by atoms with Crippen molar-refractivity contribution in [2.75, 3.05) is 12.8 Å². The summed E-state index contributed by atoms with van der Waals surface area (Å²) in [7, 11) is 1.33. The second kappa shape index (κ2) is 5.97. The van der Waals surface area contributed by atoms with E-state index in [0.29, 0.717) is 22.6 Å². The number of esters is 1. The summed E-state index contributed by atoms with van der Waals surface area (Å²) >= 11 is 0. The van der Waals surface area contributed by atoms with E-state index in [1.54, 1.807) is 24.4 Å². The van der Waals surface area contributed by atoms with Crippen molar-refractivity contribution in [3.05, 3.63) is 47.9 Å². The molecule has 0 aliphatic heterocycles. The van der Waals surface area contributed by atoms with Gasteiger partial charge in [0.1, 0.15) is 0 Å². The van der Waals surface area contributed by atoms with Gasteiger partial charge in [0.2, 0.25) is 0 Å². The molecule has 2 heterocycles. The van der Waals surface area contributed by atoms with Crippen molar-refractivity contribution < 1.29 is 9.53 Å². The molecule has 0 aliphatic carbocycles. The molecule has 5 nitrogen and oxygen atoms in total. The number of methoxy groups -OCH3 is 1. The Kier molecular flexibility index (Phi) is 4.10. The molecule has 0 aromatic carbocycles. The van der Waals surface area contributed by atoms with Crippen LogP contribution in [0.3, 0.4) is 0 Å². The van der Waals surface area contributed by atoms with Crippen molar-refractivity contribution in [3.63, 3.8) is 0 Å². The molecule has 0 atom stereocenters. The molecule has 2 rings (SSSR count). The van der Waals surface area contributed by atoms with Gasteiger partial charge in [0, 0.05) is 18.0 Å². The van der Waals surface area contributed by atoms with E-state index in [4.69, 9.17) is 5.73 Å². The molecular formula is C15H15N3O2. The summed E-state index contributed by atoms with van der Waals surface area (Å²) in [5, 5.41) is 0. The van der Waals surface area contributed by atoms with Crippen LogP contribution < -0.4 is 5.73 Å². The van der Waals surface area contributed by atoms with Crippen molar-refractivity contribution in [2.24, 2.45) is 0 Å². The number of nitrogen functional groups attached to an aromatic ring is 1. The van der Waals surface area contributed by atoms with E-state index in [1.165, 1.54) is 13.3 Å². The molecule has 0 aliphatic rings. The number of carbonyl (C=O) groups is 1. The molecule has 0 saturated heterocycles. The fourth-order valence-corrected chi connectivity index (χ4v) is 1.75. The highest BCUT2D eigenvalue weighted by Gasteiger charge is 2.09. The first-order chi connectivity index (χ1) is 9.65. The van der Waals surface area contributed by atoms with E-state index in [2.05, 4.69) is 14.7 Å². The third-order valence-electron chi connectivity index (χ3n) is 2.74. The molecule has 2 aromatic heterocycles. The first-order valence-electron chi connectivity index (χ1n) is 6.08. The minimum atomic E-state index is -0.427. The maximum Gasteiger partial charge on any atom is 0.339 e. The molecule has 0 fully saturated rings. The number of pyridine rings is 2. The molecule has 2 N–H and O–H groups in total. The topological polar surface area (TPSA) is 78.1 Å². The molecule has 0 spiro atoms. The van der Waals surface area contributed by atoms with Gasteiger partial charge < -0.3 is 10.5 Å². The van der Waals surface area contributed by atoms with Crippen LogP contribution in [0.5, 0.6) is 0 Å². The largest absolute Gasteiger partial charge is 0.465 e. The monoisotopic (exact) mass is 269 g/mol. The van der Waals surface area contributed by atoms with Crippen molar-refractivity contribution in [3.8, 4) is 11.3 Å². The number of allylic oxidation sites excluding steroid dienone is 1. The molecule has 0 radical (unpaired) electrons. The summed E-state index contributed by atoms with van der Waals surface area (Å²) in [6, 6.07) is 5.26. The van der Waals surface area contributed by atoms with Crippen LogP contribution >= 0.6 is 0 Å². The highest BCUT2D eigenvalue weighted by atomic mass is 16.5. The van der Waals surface area contributed by atoms with Crippen LogP contribution in [0.2, 0.25) is 0 Å². The summed E-state index contributed by atoms with van der Waals surface area (Å²) in [4.78, 5) is 20.0. The molecule has 0 bridgehead atoms. The highest BCUT2D eigenvalue weighted by Crippen LogP contribution is 2.21. The fourth-order valence-electron chi connectivity index (χ4n) is 1.75. The van der Waals surface area contributed by atoms with Crippen LogP contribution in [0.1, 0.15) is 23.0 Å². The second-order valence-electron chi connectivity index (χ2n) is 4.12. The first-order valence-corrected chi connectivity index (χ1v) is 6.08. The van der Waals surface area contributed by atoms with Gasteiger partial charge >= 0.3 is 5.97 Å². The van der Waals surface area contributed by atoms with Crippen LogP contribution in [-0.2, 0) is 4.74 Å². The van der Waals surface area contributed by atoms with E-state index >= 15 is 0 Å². The summed E-state index contributed by atoms with van der Waals surface area (Å²) in [5.74, 6) is -0.427. The average Bonchev–Trinajstić information content (AvgIpc) is 2.49. The number of carbonyl (C=O) groups excluding carboxylic acids is 1. The Balaban J connectivity index is 2.46. The summed E-state index contributed by atoms with van der Waals surface area (Å²) in [5.41, 5.74) is 8.96. The van der Waals surface area contributed by atoms with Crippen molar-refractivity contribution in [1.29, 1.82) is 0 Å². The molecule has 0 unspecified atom stereocenters. The summed E-state index contributed by atoms with van der Waals surface area (Å²) in [6.45, 7) is 1.90. The second-order valence-corrected chi connectivity index (χ2v) is 4.12. The molecule has 2 aromatic rings. The van der Waals surface area contributed by atoms with E-state index in [9.17, 15) is 4.79 Å². The lowest BCUT2D eigenvalue weighted by Gasteiger charge is -2.06. The fraction of sp³-hybridized carbons (Fsp3) is 0.133. The van der Waals surface area contributed by atoms with Crippen LogP contribution in [0.15, 0.2) is 36.7 Å². The lowest BCUT2D eigenvalue weighted by atomic mass is 10.1. The van der Waals surface area contributed by atoms with Gasteiger partial charge in [-0.1, -0.05) is 6.08 Å². The smallest absolute Gasteiger partial charge is 0.339 e. The first kappa shape index (κ1) is 13.7. The molecule has 20 heavy (non-hydrogen) atoms. The van der Waals surface area contributed by atoms with Gasteiger partial charge in [0.25, 0.3) is 0 Å². The predicted octanol–water partition coefficient (Wildman–Crippen LogP) is 2.55. The zero-order valence-electron chi connectivity index (χ0n) is 11.3. The number of anilines is 1. The zero-order valence-corrected chi connectivity index (χ0v) is 11.3. The van der Waals surface area contributed by atoms with E-state index < -0.39 is 5.97 Å².